The summed E-state index contributed by atoms with van der Waals surface area (Å²) in [6.07, 6.45) is 4.20. The minimum atomic E-state index is -0.369. The van der Waals surface area contributed by atoms with Crippen molar-refractivity contribution in [3.05, 3.63) is 47.5 Å². The number of methoxy groups -OCH3 is 1. The zero-order valence-electron chi connectivity index (χ0n) is 19.6. The van der Waals surface area contributed by atoms with E-state index in [0.717, 1.165) is 24.8 Å². The summed E-state index contributed by atoms with van der Waals surface area (Å²) in [6, 6.07) is 10.4. The fourth-order valence-corrected chi connectivity index (χ4v) is 3.29. The standard InChI is InChI=1S/C25H30N2O6/c1-5-32-23(29)12-7-6-8-15-33-22-16-18(2)13-14-20(22)27(3)25(30)19-10-9-11-21(31-4)24(19)26-17-28/h9-11,13-14,16H,5-8,12,15H2,1-4H3. The predicted octanol–water partition coefficient (Wildman–Crippen LogP) is 4.75. The van der Waals surface area contributed by atoms with E-state index in [4.69, 9.17) is 14.2 Å². The van der Waals surface area contributed by atoms with Gasteiger partial charge < -0.3 is 19.1 Å². The van der Waals surface area contributed by atoms with Crippen LogP contribution in [0.4, 0.5) is 11.4 Å². The lowest BCUT2D eigenvalue weighted by molar-refractivity contribution is -0.143. The van der Waals surface area contributed by atoms with Crippen molar-refractivity contribution in [1.82, 2.24) is 0 Å². The SMILES string of the molecule is CCOC(=O)CCCCCOc1cc(C)ccc1N(C)C(=O)c1cccc(OC)c1N=C=O. The largest absolute Gasteiger partial charge is 0.494 e. The van der Waals surface area contributed by atoms with Crippen molar-refractivity contribution in [1.29, 1.82) is 0 Å². The van der Waals surface area contributed by atoms with E-state index in [1.165, 1.54) is 18.1 Å². The highest BCUT2D eigenvalue weighted by Gasteiger charge is 2.22. The second kappa shape index (κ2) is 13.0. The van der Waals surface area contributed by atoms with E-state index in [2.05, 4.69) is 4.99 Å². The zero-order valence-corrected chi connectivity index (χ0v) is 19.6. The molecule has 0 N–H and O–H groups in total. The number of anilines is 1. The van der Waals surface area contributed by atoms with Crippen LogP contribution in [0.25, 0.3) is 0 Å². The number of nitrogens with zero attached hydrogens (tertiary/aromatic N) is 2. The third kappa shape index (κ3) is 7.19. The summed E-state index contributed by atoms with van der Waals surface area (Å²) in [5.74, 6) is 0.321. The molecule has 2 aromatic rings. The second-order valence-electron chi connectivity index (χ2n) is 7.36. The van der Waals surface area contributed by atoms with Crippen LogP contribution < -0.4 is 14.4 Å². The second-order valence-corrected chi connectivity index (χ2v) is 7.36. The van der Waals surface area contributed by atoms with Crippen molar-refractivity contribution in [3.63, 3.8) is 0 Å². The first-order valence-corrected chi connectivity index (χ1v) is 10.8. The molecule has 33 heavy (non-hydrogen) atoms. The fourth-order valence-electron chi connectivity index (χ4n) is 3.29. The number of isocyanates is 1. The molecular weight excluding hydrogens is 424 g/mol. The Morgan fingerprint density at radius 2 is 1.88 bits per heavy atom. The number of amides is 1. The van der Waals surface area contributed by atoms with Crippen LogP contribution in [0, 0.1) is 6.92 Å². The molecule has 0 aliphatic carbocycles. The van der Waals surface area contributed by atoms with Crippen LogP contribution >= 0.6 is 0 Å². The molecule has 0 radical (unpaired) electrons. The summed E-state index contributed by atoms with van der Waals surface area (Å²) >= 11 is 0. The van der Waals surface area contributed by atoms with Crippen LogP contribution in [0.15, 0.2) is 41.4 Å². The van der Waals surface area contributed by atoms with E-state index in [9.17, 15) is 14.4 Å². The molecule has 0 aromatic heterocycles. The van der Waals surface area contributed by atoms with E-state index >= 15 is 0 Å². The maximum absolute atomic E-state index is 13.3. The lowest BCUT2D eigenvalue weighted by Gasteiger charge is -2.22. The maximum atomic E-state index is 13.3. The molecule has 0 aliphatic heterocycles. The molecule has 8 nitrogen and oxygen atoms in total. The number of rotatable bonds is 12. The monoisotopic (exact) mass is 454 g/mol. The Morgan fingerprint density at radius 1 is 1.09 bits per heavy atom. The summed E-state index contributed by atoms with van der Waals surface area (Å²) in [4.78, 5) is 40.7. The van der Waals surface area contributed by atoms with Crippen molar-refractivity contribution in [2.45, 2.75) is 39.5 Å². The van der Waals surface area contributed by atoms with Gasteiger partial charge in [0.25, 0.3) is 5.91 Å². The minimum absolute atomic E-state index is 0.128. The Hall–Kier alpha value is -3.64. The number of unbranched alkanes of at least 4 members (excludes halogenated alkanes) is 2. The summed E-state index contributed by atoms with van der Waals surface area (Å²) < 4.78 is 16.1. The third-order valence-electron chi connectivity index (χ3n) is 4.98. The number of benzene rings is 2. The molecule has 176 valence electrons. The number of carbonyl (C=O) groups is 2. The number of carbonyl (C=O) groups excluding carboxylic acids is 3. The zero-order chi connectivity index (χ0) is 24.2. The van der Waals surface area contributed by atoms with Gasteiger partial charge in [0.05, 0.1) is 31.6 Å². The van der Waals surface area contributed by atoms with Gasteiger partial charge in [-0.2, -0.15) is 4.99 Å². The number of aliphatic imine (C=N–C) groups is 1. The highest BCUT2D eigenvalue weighted by molar-refractivity contribution is 6.10. The topological polar surface area (TPSA) is 94.5 Å². The van der Waals surface area contributed by atoms with Gasteiger partial charge in [-0.15, -0.1) is 0 Å². The molecule has 0 unspecified atom stereocenters. The van der Waals surface area contributed by atoms with Gasteiger partial charge in [0.2, 0.25) is 6.08 Å². The maximum Gasteiger partial charge on any atom is 0.305 e. The van der Waals surface area contributed by atoms with Crippen LogP contribution in [0.2, 0.25) is 0 Å². The summed E-state index contributed by atoms with van der Waals surface area (Å²) in [6.45, 7) is 4.57. The third-order valence-corrected chi connectivity index (χ3v) is 4.98. The summed E-state index contributed by atoms with van der Waals surface area (Å²) in [7, 11) is 3.07. The Morgan fingerprint density at radius 3 is 2.58 bits per heavy atom. The molecule has 0 saturated carbocycles. The highest BCUT2D eigenvalue weighted by Crippen LogP contribution is 2.35. The van der Waals surface area contributed by atoms with Gasteiger partial charge in [-0.1, -0.05) is 12.1 Å². The Labute approximate surface area is 194 Å². The quantitative estimate of drug-likeness (QED) is 0.199. The number of esters is 1. The van der Waals surface area contributed by atoms with Crippen LogP contribution in [0.1, 0.15) is 48.5 Å². The molecule has 0 heterocycles. The summed E-state index contributed by atoms with van der Waals surface area (Å²) in [5, 5.41) is 0. The van der Waals surface area contributed by atoms with E-state index in [-0.39, 0.29) is 23.1 Å². The molecule has 2 aromatic carbocycles. The Bertz CT molecular complexity index is 1010. The van der Waals surface area contributed by atoms with E-state index in [1.54, 1.807) is 32.2 Å². The molecular formula is C25H30N2O6. The van der Waals surface area contributed by atoms with Crippen LogP contribution in [0.5, 0.6) is 11.5 Å². The van der Waals surface area contributed by atoms with Gasteiger partial charge in [-0.05, 0) is 62.9 Å². The molecule has 1 amide bonds. The number of hydrogen-bond donors (Lipinski definition) is 0. The summed E-state index contributed by atoms with van der Waals surface area (Å²) in [5.41, 5.74) is 1.92. The van der Waals surface area contributed by atoms with Crippen molar-refractivity contribution < 1.29 is 28.6 Å². The molecule has 0 aliphatic rings. The molecule has 0 atom stereocenters. The van der Waals surface area contributed by atoms with Gasteiger partial charge >= 0.3 is 5.97 Å². The van der Waals surface area contributed by atoms with Crippen molar-refractivity contribution in [3.8, 4) is 11.5 Å². The Kier molecular flexibility index (Phi) is 10.1. The van der Waals surface area contributed by atoms with Crippen LogP contribution in [0.3, 0.4) is 0 Å². The van der Waals surface area contributed by atoms with E-state index < -0.39 is 0 Å². The molecule has 0 saturated heterocycles. The first-order valence-electron chi connectivity index (χ1n) is 10.8. The number of ether oxygens (including phenoxy) is 3. The molecule has 8 heteroatoms. The van der Waals surface area contributed by atoms with Crippen molar-refractivity contribution in [2.75, 3.05) is 32.3 Å². The molecule has 0 bridgehead atoms. The normalized spacial score (nSPS) is 10.2. The van der Waals surface area contributed by atoms with Crippen molar-refractivity contribution in [2.24, 2.45) is 4.99 Å². The van der Waals surface area contributed by atoms with Gasteiger partial charge in [0.1, 0.15) is 17.2 Å². The molecule has 2 rings (SSSR count). The molecule has 0 fully saturated rings. The highest BCUT2D eigenvalue weighted by atomic mass is 16.5. The lowest BCUT2D eigenvalue weighted by Crippen LogP contribution is -2.27. The van der Waals surface area contributed by atoms with Gasteiger partial charge in [0.15, 0.2) is 0 Å². The molecule has 0 spiro atoms. The van der Waals surface area contributed by atoms with Crippen LogP contribution in [-0.2, 0) is 14.3 Å². The number of hydrogen-bond acceptors (Lipinski definition) is 7. The lowest BCUT2D eigenvalue weighted by atomic mass is 10.1. The van der Waals surface area contributed by atoms with Crippen LogP contribution in [-0.4, -0.2) is 45.3 Å². The average Bonchev–Trinajstić information content (AvgIpc) is 2.81. The van der Waals surface area contributed by atoms with E-state index in [0.29, 0.717) is 36.8 Å². The first kappa shape index (κ1) is 25.6. The average molecular weight is 455 g/mol. The number of aryl methyl sites for hydroxylation is 1. The minimum Gasteiger partial charge on any atom is -0.494 e. The van der Waals surface area contributed by atoms with Gasteiger partial charge in [-0.3, -0.25) is 9.59 Å². The predicted molar refractivity (Wildman–Crippen MR) is 125 cm³/mol. The first-order chi connectivity index (χ1) is 15.9. The number of para-hydroxylation sites is 1. The van der Waals surface area contributed by atoms with Gasteiger partial charge in [0, 0.05) is 13.5 Å². The van der Waals surface area contributed by atoms with E-state index in [1.807, 2.05) is 25.1 Å². The van der Waals surface area contributed by atoms with Gasteiger partial charge in [-0.25, -0.2) is 4.79 Å². The smallest absolute Gasteiger partial charge is 0.305 e. The Balaban J connectivity index is 2.12. The fraction of sp³-hybridized carbons (Fsp3) is 0.400. The van der Waals surface area contributed by atoms with Crippen molar-refractivity contribution >= 4 is 29.3 Å².